The zero-order valence-corrected chi connectivity index (χ0v) is 14.6. The molecule has 8 heteroatoms. The van der Waals surface area contributed by atoms with E-state index in [0.29, 0.717) is 24.9 Å². The molecule has 2 heterocycles. The van der Waals surface area contributed by atoms with Gasteiger partial charge in [0.15, 0.2) is 0 Å². The number of urea groups is 1. The van der Waals surface area contributed by atoms with Crippen molar-refractivity contribution >= 4 is 17.9 Å². The summed E-state index contributed by atoms with van der Waals surface area (Å²) in [7, 11) is 0. The highest BCUT2D eigenvalue weighted by atomic mass is 16.6. The molecule has 1 aromatic heterocycles. The zero-order valence-electron chi connectivity index (χ0n) is 14.6. The summed E-state index contributed by atoms with van der Waals surface area (Å²) in [5.41, 5.74) is -0.972. The van der Waals surface area contributed by atoms with Crippen LogP contribution < -0.4 is 10.6 Å². The van der Waals surface area contributed by atoms with E-state index in [1.165, 1.54) is 0 Å². The van der Waals surface area contributed by atoms with E-state index < -0.39 is 11.1 Å². The molecule has 0 bridgehead atoms. The highest BCUT2D eigenvalue weighted by molar-refractivity contribution is 5.89. The largest absolute Gasteiger partial charge is 0.444 e. The van der Waals surface area contributed by atoms with Gasteiger partial charge in [-0.15, -0.1) is 0 Å². The second-order valence-corrected chi connectivity index (χ2v) is 7.87. The Morgan fingerprint density at radius 1 is 1.33 bits per heavy atom. The summed E-state index contributed by atoms with van der Waals surface area (Å²) >= 11 is 0. The van der Waals surface area contributed by atoms with Gasteiger partial charge in [0.25, 0.3) is 0 Å². The van der Waals surface area contributed by atoms with Crippen molar-refractivity contribution in [2.75, 3.05) is 18.4 Å². The van der Waals surface area contributed by atoms with Gasteiger partial charge in [-0.2, -0.15) is 5.10 Å². The molecule has 0 aromatic carbocycles. The third-order valence-electron chi connectivity index (χ3n) is 3.95. The van der Waals surface area contributed by atoms with Gasteiger partial charge in [-0.3, -0.25) is 5.32 Å². The number of nitrogens with one attached hydrogen (secondary N) is 2. The fourth-order valence-corrected chi connectivity index (χ4v) is 2.78. The van der Waals surface area contributed by atoms with Crippen LogP contribution in [0.2, 0.25) is 0 Å². The van der Waals surface area contributed by atoms with Gasteiger partial charge in [0, 0.05) is 19.2 Å². The second-order valence-electron chi connectivity index (χ2n) is 7.87. The topological polar surface area (TPSA) is 88.5 Å². The van der Waals surface area contributed by atoms with Crippen LogP contribution in [0.1, 0.15) is 46.6 Å². The average Bonchev–Trinajstić information content (AvgIpc) is 3.14. The Bertz CT molecular complexity index is 638. The molecule has 132 valence electrons. The maximum absolute atomic E-state index is 12.2. The molecule has 1 aromatic rings. The first kappa shape index (κ1) is 16.6. The average molecular weight is 335 g/mol. The Morgan fingerprint density at radius 2 is 2.00 bits per heavy atom. The lowest BCUT2D eigenvalue weighted by molar-refractivity contribution is -0.00958. The van der Waals surface area contributed by atoms with Gasteiger partial charge in [-0.05, 0) is 40.5 Å². The van der Waals surface area contributed by atoms with E-state index in [0.717, 1.165) is 12.8 Å². The van der Waals surface area contributed by atoms with E-state index in [1.54, 1.807) is 17.2 Å². The van der Waals surface area contributed by atoms with Gasteiger partial charge in [-0.1, -0.05) is 0 Å². The van der Waals surface area contributed by atoms with Crippen LogP contribution >= 0.6 is 0 Å². The fourth-order valence-electron chi connectivity index (χ4n) is 2.78. The molecule has 1 saturated heterocycles. The molecule has 2 aliphatic rings. The minimum Gasteiger partial charge on any atom is -0.444 e. The van der Waals surface area contributed by atoms with Crippen LogP contribution in [0.5, 0.6) is 0 Å². The van der Waals surface area contributed by atoms with Crippen LogP contribution in [0.4, 0.5) is 15.4 Å². The zero-order chi connectivity index (χ0) is 17.5. The number of hydrogen-bond donors (Lipinski definition) is 2. The minimum atomic E-state index is -0.519. The number of likely N-dealkylation sites (tertiary alicyclic amines) is 1. The van der Waals surface area contributed by atoms with Crippen LogP contribution in [0.15, 0.2) is 12.3 Å². The Labute approximate surface area is 141 Å². The molecule has 0 spiro atoms. The minimum absolute atomic E-state index is 0.288. The summed E-state index contributed by atoms with van der Waals surface area (Å²) in [6.45, 7) is 8.26. The molecule has 8 nitrogen and oxygen atoms in total. The molecule has 1 aliphatic heterocycles. The molecule has 0 unspecified atom stereocenters. The standard InChI is InChI=1S/C16H25N5O3/c1-15(2,3)24-14(23)20-9-16(4,10-20)19-13(22)18-12-7-8-17-21(12)11-5-6-11/h7-8,11H,5-6,9-10H2,1-4H3,(H2,18,19,22). The van der Waals surface area contributed by atoms with Gasteiger partial charge in [-0.25, -0.2) is 14.3 Å². The smallest absolute Gasteiger partial charge is 0.410 e. The molecule has 3 amide bonds. The summed E-state index contributed by atoms with van der Waals surface area (Å²) in [6.07, 6.45) is 3.53. The number of carbonyl (C=O) groups excluding carboxylic acids is 2. The number of carbonyl (C=O) groups is 2. The molecule has 1 saturated carbocycles. The van der Waals surface area contributed by atoms with E-state index in [9.17, 15) is 9.59 Å². The number of nitrogens with zero attached hydrogens (tertiary/aromatic N) is 3. The summed E-state index contributed by atoms with van der Waals surface area (Å²) < 4.78 is 7.16. The number of hydrogen-bond acceptors (Lipinski definition) is 4. The summed E-state index contributed by atoms with van der Waals surface area (Å²) in [5.74, 6) is 0.696. The number of amides is 3. The Hall–Kier alpha value is -2.25. The first-order chi connectivity index (χ1) is 11.2. The first-order valence-corrected chi connectivity index (χ1v) is 8.26. The van der Waals surface area contributed by atoms with E-state index in [1.807, 2.05) is 32.4 Å². The molecular weight excluding hydrogens is 310 g/mol. The lowest BCUT2D eigenvalue weighted by Gasteiger charge is -2.47. The summed E-state index contributed by atoms with van der Waals surface area (Å²) in [5, 5.41) is 9.99. The van der Waals surface area contributed by atoms with Crippen LogP contribution in [0.3, 0.4) is 0 Å². The van der Waals surface area contributed by atoms with Gasteiger partial charge >= 0.3 is 12.1 Å². The Kier molecular flexibility index (Phi) is 3.93. The molecule has 0 radical (unpaired) electrons. The monoisotopic (exact) mass is 335 g/mol. The summed E-state index contributed by atoms with van der Waals surface area (Å²) in [4.78, 5) is 25.8. The normalized spacial score (nSPS) is 19.4. The van der Waals surface area contributed by atoms with Crippen molar-refractivity contribution in [1.29, 1.82) is 0 Å². The Morgan fingerprint density at radius 3 is 2.58 bits per heavy atom. The molecule has 2 fully saturated rings. The number of anilines is 1. The predicted octanol–water partition coefficient (Wildman–Crippen LogP) is 2.35. The predicted molar refractivity (Wildman–Crippen MR) is 88.9 cm³/mol. The van der Waals surface area contributed by atoms with Crippen LogP contribution in [0, 0.1) is 0 Å². The molecule has 1 aliphatic carbocycles. The lowest BCUT2D eigenvalue weighted by Crippen LogP contribution is -2.70. The first-order valence-electron chi connectivity index (χ1n) is 8.26. The van der Waals surface area contributed by atoms with Gasteiger partial charge < -0.3 is 15.0 Å². The van der Waals surface area contributed by atoms with Crippen LogP contribution in [0.25, 0.3) is 0 Å². The number of rotatable bonds is 3. The number of ether oxygens (including phenoxy) is 1. The van der Waals surface area contributed by atoms with Gasteiger partial charge in [0.05, 0.1) is 17.8 Å². The van der Waals surface area contributed by atoms with E-state index >= 15 is 0 Å². The second kappa shape index (κ2) is 5.68. The van der Waals surface area contributed by atoms with Crippen molar-refractivity contribution in [1.82, 2.24) is 20.0 Å². The van der Waals surface area contributed by atoms with E-state index in [4.69, 9.17) is 4.74 Å². The molecule has 0 atom stereocenters. The SMILES string of the molecule is CC1(NC(=O)Nc2ccnn2C2CC2)CN(C(=O)OC(C)(C)C)C1. The van der Waals surface area contributed by atoms with Gasteiger partial charge in [0.2, 0.25) is 0 Å². The van der Waals surface area contributed by atoms with Crippen molar-refractivity contribution in [3.05, 3.63) is 12.3 Å². The third-order valence-corrected chi connectivity index (χ3v) is 3.95. The van der Waals surface area contributed by atoms with Crippen LogP contribution in [-0.2, 0) is 4.74 Å². The van der Waals surface area contributed by atoms with Gasteiger partial charge in [0.1, 0.15) is 11.4 Å². The van der Waals surface area contributed by atoms with Crippen molar-refractivity contribution in [3.8, 4) is 0 Å². The van der Waals surface area contributed by atoms with Crippen molar-refractivity contribution in [2.45, 2.75) is 57.7 Å². The van der Waals surface area contributed by atoms with Crippen LogP contribution in [-0.4, -0.2) is 51.0 Å². The number of aromatic nitrogens is 2. The molecule has 24 heavy (non-hydrogen) atoms. The molecule has 3 rings (SSSR count). The maximum atomic E-state index is 12.2. The third kappa shape index (κ3) is 3.80. The quantitative estimate of drug-likeness (QED) is 0.887. The lowest BCUT2D eigenvalue weighted by atomic mass is 9.93. The van der Waals surface area contributed by atoms with Crippen molar-refractivity contribution in [3.63, 3.8) is 0 Å². The van der Waals surface area contributed by atoms with E-state index in [2.05, 4.69) is 15.7 Å². The fraction of sp³-hybridized carbons (Fsp3) is 0.688. The van der Waals surface area contributed by atoms with Crippen molar-refractivity contribution in [2.24, 2.45) is 0 Å². The molecule has 2 N–H and O–H groups in total. The summed E-state index contributed by atoms with van der Waals surface area (Å²) in [6, 6.07) is 1.90. The highest BCUT2D eigenvalue weighted by Gasteiger charge is 2.44. The molecular formula is C16H25N5O3. The van der Waals surface area contributed by atoms with E-state index in [-0.39, 0.29) is 12.1 Å². The van der Waals surface area contributed by atoms with Crippen molar-refractivity contribution < 1.29 is 14.3 Å². The maximum Gasteiger partial charge on any atom is 0.410 e. The highest BCUT2D eigenvalue weighted by Crippen LogP contribution is 2.36. The Balaban J connectivity index is 1.49.